The van der Waals surface area contributed by atoms with Crippen LogP contribution < -0.4 is 5.32 Å². The predicted octanol–water partition coefficient (Wildman–Crippen LogP) is 1.68. The number of nitrogens with one attached hydrogen (secondary N) is 1. The van der Waals surface area contributed by atoms with E-state index in [0.29, 0.717) is 5.92 Å². The van der Waals surface area contributed by atoms with Crippen LogP contribution in [0.4, 0.5) is 4.79 Å². The molecular formula is C12H22N2O3. The fourth-order valence-electron chi connectivity index (χ4n) is 2.30. The zero-order valence-electron chi connectivity index (χ0n) is 10.6. The molecule has 0 saturated heterocycles. The molecule has 0 spiro atoms. The smallest absolute Gasteiger partial charge is 0.317 e. The third kappa shape index (κ3) is 5.06. The van der Waals surface area contributed by atoms with Crippen LogP contribution in [0.15, 0.2) is 0 Å². The maximum Gasteiger partial charge on any atom is 0.317 e. The minimum Gasteiger partial charge on any atom is -0.481 e. The highest BCUT2D eigenvalue weighted by Gasteiger charge is 2.20. The molecule has 0 aliphatic heterocycles. The van der Waals surface area contributed by atoms with Gasteiger partial charge in [0.15, 0.2) is 0 Å². The number of carbonyl (C=O) groups is 2. The summed E-state index contributed by atoms with van der Waals surface area (Å²) >= 11 is 0. The lowest BCUT2D eigenvalue weighted by atomic mass is 10.1. The highest BCUT2D eigenvalue weighted by atomic mass is 16.4. The number of carboxylic acid groups (broad SMARTS) is 1. The van der Waals surface area contributed by atoms with Gasteiger partial charge < -0.3 is 15.3 Å². The van der Waals surface area contributed by atoms with Crippen molar-refractivity contribution in [1.82, 2.24) is 10.2 Å². The third-order valence-corrected chi connectivity index (χ3v) is 3.20. The van der Waals surface area contributed by atoms with Gasteiger partial charge >= 0.3 is 12.0 Å². The van der Waals surface area contributed by atoms with Gasteiger partial charge in [-0.2, -0.15) is 0 Å². The van der Waals surface area contributed by atoms with Crippen molar-refractivity contribution >= 4 is 12.0 Å². The largest absolute Gasteiger partial charge is 0.481 e. The van der Waals surface area contributed by atoms with Crippen molar-refractivity contribution in [3.05, 3.63) is 0 Å². The van der Waals surface area contributed by atoms with E-state index in [2.05, 4.69) is 5.32 Å². The van der Waals surface area contributed by atoms with E-state index in [9.17, 15) is 9.59 Å². The second-order valence-corrected chi connectivity index (χ2v) is 4.98. The van der Waals surface area contributed by atoms with Gasteiger partial charge in [-0.1, -0.05) is 12.8 Å². The Kier molecular flexibility index (Phi) is 5.25. The summed E-state index contributed by atoms with van der Waals surface area (Å²) in [5, 5.41) is 11.3. The van der Waals surface area contributed by atoms with Crippen LogP contribution in [0.3, 0.4) is 0 Å². The zero-order chi connectivity index (χ0) is 12.8. The van der Waals surface area contributed by atoms with Crippen molar-refractivity contribution in [2.75, 3.05) is 13.6 Å². The first-order chi connectivity index (χ1) is 7.99. The van der Waals surface area contributed by atoms with Crippen molar-refractivity contribution in [3.8, 4) is 0 Å². The van der Waals surface area contributed by atoms with E-state index in [0.717, 1.165) is 6.54 Å². The number of urea groups is 1. The molecule has 0 radical (unpaired) electrons. The second-order valence-electron chi connectivity index (χ2n) is 4.98. The molecule has 2 N–H and O–H groups in total. The average molecular weight is 242 g/mol. The summed E-state index contributed by atoms with van der Waals surface area (Å²) < 4.78 is 0. The SMILES string of the molecule is CC(CC(=O)O)NC(=O)N(C)CC1CCCC1. The van der Waals surface area contributed by atoms with E-state index in [1.165, 1.54) is 25.7 Å². The first-order valence-corrected chi connectivity index (χ1v) is 6.22. The number of carbonyl (C=O) groups excluding carboxylic acids is 1. The summed E-state index contributed by atoms with van der Waals surface area (Å²) in [4.78, 5) is 23.9. The molecule has 1 fully saturated rings. The molecule has 1 atom stereocenters. The van der Waals surface area contributed by atoms with Crippen molar-refractivity contribution in [1.29, 1.82) is 0 Å². The molecule has 1 rings (SSSR count). The molecule has 1 unspecified atom stereocenters. The normalized spacial score (nSPS) is 17.8. The van der Waals surface area contributed by atoms with Crippen LogP contribution in [0, 0.1) is 5.92 Å². The fourth-order valence-corrected chi connectivity index (χ4v) is 2.30. The minimum absolute atomic E-state index is 0.0387. The first kappa shape index (κ1) is 13.8. The average Bonchev–Trinajstić information content (AvgIpc) is 2.68. The van der Waals surface area contributed by atoms with E-state index in [1.54, 1.807) is 18.9 Å². The monoisotopic (exact) mass is 242 g/mol. The molecule has 0 aromatic rings. The lowest BCUT2D eigenvalue weighted by Crippen LogP contribution is -2.44. The van der Waals surface area contributed by atoms with Gasteiger partial charge in [0.2, 0.25) is 0 Å². The lowest BCUT2D eigenvalue weighted by Gasteiger charge is -2.23. The lowest BCUT2D eigenvalue weighted by molar-refractivity contribution is -0.137. The maximum atomic E-state index is 11.7. The summed E-state index contributed by atoms with van der Waals surface area (Å²) in [5.74, 6) is -0.281. The second kappa shape index (κ2) is 6.47. The van der Waals surface area contributed by atoms with Gasteiger partial charge in [-0.25, -0.2) is 4.79 Å². The van der Waals surface area contributed by atoms with Crippen molar-refractivity contribution < 1.29 is 14.7 Å². The maximum absolute atomic E-state index is 11.7. The molecule has 0 aromatic heterocycles. The third-order valence-electron chi connectivity index (χ3n) is 3.20. The molecule has 5 heteroatoms. The number of hydrogen-bond acceptors (Lipinski definition) is 2. The van der Waals surface area contributed by atoms with Crippen LogP contribution in [-0.2, 0) is 4.79 Å². The van der Waals surface area contributed by atoms with Gasteiger partial charge in [-0.3, -0.25) is 4.79 Å². The summed E-state index contributed by atoms with van der Waals surface area (Å²) in [6, 6.07) is -0.503. The van der Waals surface area contributed by atoms with Crippen molar-refractivity contribution in [2.45, 2.75) is 45.1 Å². The molecular weight excluding hydrogens is 220 g/mol. The number of rotatable bonds is 5. The number of carboxylic acids is 1. The minimum atomic E-state index is -0.892. The molecule has 0 heterocycles. The Balaban J connectivity index is 2.27. The molecule has 1 aliphatic carbocycles. The molecule has 1 aliphatic rings. The van der Waals surface area contributed by atoms with E-state index in [-0.39, 0.29) is 18.5 Å². The van der Waals surface area contributed by atoms with Crippen molar-refractivity contribution in [2.24, 2.45) is 5.92 Å². The quantitative estimate of drug-likeness (QED) is 0.770. The number of nitrogens with zero attached hydrogens (tertiary/aromatic N) is 1. The number of hydrogen-bond donors (Lipinski definition) is 2. The van der Waals surface area contributed by atoms with Crippen LogP contribution in [0.2, 0.25) is 0 Å². The predicted molar refractivity (Wildman–Crippen MR) is 64.8 cm³/mol. The van der Waals surface area contributed by atoms with E-state index < -0.39 is 5.97 Å². The molecule has 98 valence electrons. The Morgan fingerprint density at radius 2 is 2.00 bits per heavy atom. The van der Waals surface area contributed by atoms with Gasteiger partial charge in [0.1, 0.15) is 0 Å². The molecule has 5 nitrogen and oxygen atoms in total. The summed E-state index contributed by atoms with van der Waals surface area (Å²) in [5.41, 5.74) is 0. The molecule has 2 amide bonds. The molecule has 0 aromatic carbocycles. The highest BCUT2D eigenvalue weighted by Crippen LogP contribution is 2.25. The van der Waals surface area contributed by atoms with E-state index >= 15 is 0 Å². The topological polar surface area (TPSA) is 69.6 Å². The van der Waals surface area contributed by atoms with Gasteiger partial charge in [0, 0.05) is 19.6 Å². The first-order valence-electron chi connectivity index (χ1n) is 6.22. The van der Waals surface area contributed by atoms with Crippen LogP contribution in [0.1, 0.15) is 39.0 Å². The molecule has 1 saturated carbocycles. The molecule has 0 bridgehead atoms. The van der Waals surface area contributed by atoms with Gasteiger partial charge in [0.25, 0.3) is 0 Å². The van der Waals surface area contributed by atoms with Crippen LogP contribution in [-0.4, -0.2) is 41.6 Å². The Hall–Kier alpha value is -1.26. The summed E-state index contributed by atoms with van der Waals surface area (Å²) in [6.07, 6.45) is 4.87. The van der Waals surface area contributed by atoms with Crippen LogP contribution in [0.5, 0.6) is 0 Å². The van der Waals surface area contributed by atoms with Crippen LogP contribution in [0.25, 0.3) is 0 Å². The Bertz CT molecular complexity index is 275. The zero-order valence-corrected chi connectivity index (χ0v) is 10.6. The standard InChI is InChI=1S/C12H22N2O3/c1-9(7-11(15)16)13-12(17)14(2)8-10-5-3-4-6-10/h9-10H,3-8H2,1-2H3,(H,13,17)(H,15,16). The van der Waals surface area contributed by atoms with Crippen LogP contribution >= 0.6 is 0 Å². The fraction of sp³-hybridized carbons (Fsp3) is 0.833. The Morgan fingerprint density at radius 3 is 2.53 bits per heavy atom. The van der Waals surface area contributed by atoms with E-state index in [4.69, 9.17) is 5.11 Å². The van der Waals surface area contributed by atoms with E-state index in [1.807, 2.05) is 0 Å². The van der Waals surface area contributed by atoms with Gasteiger partial charge in [0.05, 0.1) is 6.42 Å². The highest BCUT2D eigenvalue weighted by molar-refractivity contribution is 5.75. The number of amides is 2. The summed E-state index contributed by atoms with van der Waals surface area (Å²) in [6.45, 7) is 2.47. The Labute approximate surface area is 102 Å². The summed E-state index contributed by atoms with van der Waals surface area (Å²) in [7, 11) is 1.77. The number of aliphatic carboxylic acids is 1. The Morgan fingerprint density at radius 1 is 1.41 bits per heavy atom. The van der Waals surface area contributed by atoms with Gasteiger partial charge in [-0.15, -0.1) is 0 Å². The van der Waals surface area contributed by atoms with Gasteiger partial charge in [-0.05, 0) is 25.7 Å². The molecule has 17 heavy (non-hydrogen) atoms. The van der Waals surface area contributed by atoms with Crippen molar-refractivity contribution in [3.63, 3.8) is 0 Å².